The first-order valence-electron chi connectivity index (χ1n) is 7.19. The summed E-state index contributed by atoms with van der Waals surface area (Å²) < 4.78 is 12.8. The molecule has 0 amide bonds. The Morgan fingerprint density at radius 1 is 1.33 bits per heavy atom. The van der Waals surface area contributed by atoms with Crippen molar-refractivity contribution in [3.8, 4) is 0 Å². The van der Waals surface area contributed by atoms with Gasteiger partial charge in [-0.2, -0.15) is 0 Å². The molecule has 1 saturated carbocycles. The van der Waals surface area contributed by atoms with E-state index >= 15 is 0 Å². The van der Waals surface area contributed by atoms with Gasteiger partial charge in [-0.3, -0.25) is 14.3 Å². The van der Waals surface area contributed by atoms with Gasteiger partial charge in [0.15, 0.2) is 0 Å². The maximum atomic E-state index is 12.8. The molecule has 1 aromatic carbocycles. The Hall–Kier alpha value is -1.27. The Bertz CT molecular complexity index is 542. The van der Waals surface area contributed by atoms with Crippen molar-refractivity contribution in [3.05, 3.63) is 34.4 Å². The van der Waals surface area contributed by atoms with Crippen molar-refractivity contribution >= 4 is 16.5 Å². The third kappa shape index (κ3) is 3.32. The molecular formula is C15H22N2O3S. The molecule has 1 aliphatic rings. The van der Waals surface area contributed by atoms with E-state index in [-0.39, 0.29) is 22.4 Å². The average molecular weight is 310 g/mol. The van der Waals surface area contributed by atoms with Crippen LogP contribution in [0.3, 0.4) is 0 Å². The zero-order valence-corrected chi connectivity index (χ0v) is 13.5. The maximum Gasteiger partial charge on any atom is 0.269 e. The largest absolute Gasteiger partial charge is 0.315 e. The fraction of sp³-hybridized carbons (Fsp3) is 0.600. The second kappa shape index (κ2) is 6.23. The van der Waals surface area contributed by atoms with Crippen molar-refractivity contribution in [2.45, 2.75) is 49.3 Å². The van der Waals surface area contributed by atoms with Crippen LogP contribution in [-0.4, -0.2) is 27.5 Å². The molecule has 2 rings (SSSR count). The summed E-state index contributed by atoms with van der Waals surface area (Å²) in [6.45, 7) is 4.40. The van der Waals surface area contributed by atoms with Gasteiger partial charge >= 0.3 is 0 Å². The first-order chi connectivity index (χ1) is 9.86. The summed E-state index contributed by atoms with van der Waals surface area (Å²) in [6.07, 6.45) is 3.10. The Kier molecular flexibility index (Phi) is 4.78. The van der Waals surface area contributed by atoms with Crippen LogP contribution < -0.4 is 5.32 Å². The Morgan fingerprint density at radius 2 is 1.95 bits per heavy atom. The number of nitrogens with one attached hydrogen (secondary N) is 1. The lowest BCUT2D eigenvalue weighted by atomic mass is 9.73. The Morgan fingerprint density at radius 3 is 2.48 bits per heavy atom. The minimum atomic E-state index is -1.15. The van der Waals surface area contributed by atoms with Gasteiger partial charge in [0.25, 0.3) is 5.69 Å². The molecule has 0 bridgehead atoms. The van der Waals surface area contributed by atoms with Crippen LogP contribution in [0.2, 0.25) is 0 Å². The summed E-state index contributed by atoms with van der Waals surface area (Å²) in [5.41, 5.74) is 0.138. The predicted molar refractivity (Wildman–Crippen MR) is 83.8 cm³/mol. The summed E-state index contributed by atoms with van der Waals surface area (Å²) in [5.74, 6) is 0. The molecule has 0 aliphatic heterocycles. The summed E-state index contributed by atoms with van der Waals surface area (Å²) >= 11 is 0. The van der Waals surface area contributed by atoms with Crippen LogP contribution >= 0.6 is 0 Å². The van der Waals surface area contributed by atoms with Gasteiger partial charge in [-0.15, -0.1) is 0 Å². The normalized spacial score (nSPS) is 26.2. The monoisotopic (exact) mass is 310 g/mol. The molecule has 0 saturated heterocycles. The highest BCUT2D eigenvalue weighted by molar-refractivity contribution is 7.85. The van der Waals surface area contributed by atoms with Gasteiger partial charge in [0.2, 0.25) is 0 Å². The zero-order valence-electron chi connectivity index (χ0n) is 12.7. The molecule has 0 aromatic heterocycles. The summed E-state index contributed by atoms with van der Waals surface area (Å²) in [5, 5.41) is 14.1. The Balaban J connectivity index is 2.23. The molecule has 0 radical (unpaired) electrons. The van der Waals surface area contributed by atoms with Crippen LogP contribution in [0, 0.1) is 15.5 Å². The number of rotatable bonds is 4. The first kappa shape index (κ1) is 16.1. The van der Waals surface area contributed by atoms with Gasteiger partial charge in [-0.05, 0) is 37.4 Å². The van der Waals surface area contributed by atoms with Crippen LogP contribution in [0.5, 0.6) is 0 Å². The minimum absolute atomic E-state index is 0.0323. The van der Waals surface area contributed by atoms with Crippen LogP contribution in [0.4, 0.5) is 5.69 Å². The topological polar surface area (TPSA) is 72.2 Å². The third-order valence-electron chi connectivity index (χ3n) is 4.39. The standard InChI is InChI=1S/C15H22N2O3S/c1-15(2)10-4-5-13(14(15)16-3)21(20)12-8-6-11(7-9-12)17(18)19/h6-9,13-14,16H,4-5,10H2,1-3H3. The molecule has 1 N–H and O–H groups in total. The van der Waals surface area contributed by atoms with Gasteiger partial charge in [0.05, 0.1) is 21.0 Å². The minimum Gasteiger partial charge on any atom is -0.315 e. The lowest BCUT2D eigenvalue weighted by Gasteiger charge is -2.43. The Labute approximate surface area is 127 Å². The molecule has 0 spiro atoms. The predicted octanol–water partition coefficient (Wildman–Crippen LogP) is 2.87. The van der Waals surface area contributed by atoms with Crippen LogP contribution in [-0.2, 0) is 10.8 Å². The highest BCUT2D eigenvalue weighted by Crippen LogP contribution is 2.38. The highest BCUT2D eigenvalue weighted by Gasteiger charge is 2.41. The smallest absolute Gasteiger partial charge is 0.269 e. The van der Waals surface area contributed by atoms with Crippen molar-refractivity contribution in [1.82, 2.24) is 5.32 Å². The van der Waals surface area contributed by atoms with E-state index in [1.807, 2.05) is 7.05 Å². The number of hydrogen-bond donors (Lipinski definition) is 1. The molecule has 0 heterocycles. The van der Waals surface area contributed by atoms with E-state index in [4.69, 9.17) is 0 Å². The zero-order chi connectivity index (χ0) is 15.6. The number of nitro benzene ring substituents is 1. The van der Waals surface area contributed by atoms with Crippen LogP contribution in [0.25, 0.3) is 0 Å². The van der Waals surface area contributed by atoms with E-state index in [0.29, 0.717) is 4.90 Å². The van der Waals surface area contributed by atoms with Gasteiger partial charge in [0, 0.05) is 23.1 Å². The summed E-state index contributed by atoms with van der Waals surface area (Å²) in [4.78, 5) is 10.9. The lowest BCUT2D eigenvalue weighted by Crippen LogP contribution is -2.52. The van der Waals surface area contributed by atoms with Crippen LogP contribution in [0.15, 0.2) is 29.2 Å². The first-order valence-corrected chi connectivity index (χ1v) is 8.40. The van der Waals surface area contributed by atoms with E-state index in [0.717, 1.165) is 19.3 Å². The third-order valence-corrected chi connectivity index (χ3v) is 6.18. The van der Waals surface area contributed by atoms with E-state index in [9.17, 15) is 14.3 Å². The van der Waals surface area contributed by atoms with E-state index in [1.54, 1.807) is 12.1 Å². The van der Waals surface area contributed by atoms with Crippen molar-refractivity contribution in [3.63, 3.8) is 0 Å². The molecule has 5 nitrogen and oxygen atoms in total. The van der Waals surface area contributed by atoms with E-state index < -0.39 is 15.7 Å². The van der Waals surface area contributed by atoms with E-state index in [2.05, 4.69) is 19.2 Å². The van der Waals surface area contributed by atoms with Gasteiger partial charge in [-0.25, -0.2) is 0 Å². The average Bonchev–Trinajstić information content (AvgIpc) is 2.45. The summed E-state index contributed by atoms with van der Waals surface area (Å²) in [7, 11) is 0.761. The number of nitrogens with zero attached hydrogens (tertiary/aromatic N) is 1. The molecule has 3 unspecified atom stereocenters. The number of hydrogen-bond acceptors (Lipinski definition) is 4. The number of non-ortho nitro benzene ring substituents is 1. The maximum absolute atomic E-state index is 12.8. The quantitative estimate of drug-likeness (QED) is 0.685. The fourth-order valence-electron chi connectivity index (χ4n) is 3.27. The number of nitro groups is 1. The van der Waals surface area contributed by atoms with Crippen LogP contribution in [0.1, 0.15) is 33.1 Å². The van der Waals surface area contributed by atoms with Crippen molar-refractivity contribution in [2.24, 2.45) is 5.41 Å². The molecular weight excluding hydrogens is 288 g/mol. The van der Waals surface area contributed by atoms with Gasteiger partial charge < -0.3 is 5.32 Å². The molecule has 1 aromatic rings. The van der Waals surface area contributed by atoms with Crippen molar-refractivity contribution in [1.29, 1.82) is 0 Å². The molecule has 116 valence electrons. The number of benzene rings is 1. The van der Waals surface area contributed by atoms with Crippen molar-refractivity contribution < 1.29 is 9.13 Å². The highest BCUT2D eigenvalue weighted by atomic mass is 32.2. The fourth-order valence-corrected chi connectivity index (χ4v) is 5.15. The molecule has 3 atom stereocenters. The molecule has 1 aliphatic carbocycles. The van der Waals surface area contributed by atoms with Crippen molar-refractivity contribution in [2.75, 3.05) is 7.05 Å². The van der Waals surface area contributed by atoms with E-state index in [1.165, 1.54) is 12.1 Å². The molecule has 1 fully saturated rings. The lowest BCUT2D eigenvalue weighted by molar-refractivity contribution is -0.384. The molecule has 21 heavy (non-hydrogen) atoms. The second-order valence-electron chi connectivity index (χ2n) is 6.23. The SMILES string of the molecule is CNC1C(S(=O)c2ccc([N+](=O)[O-])cc2)CCCC1(C)C. The molecule has 6 heteroatoms. The summed E-state index contributed by atoms with van der Waals surface area (Å²) in [6, 6.07) is 6.26. The van der Waals surface area contributed by atoms with Gasteiger partial charge in [-0.1, -0.05) is 20.3 Å². The second-order valence-corrected chi connectivity index (χ2v) is 7.91. The van der Waals surface area contributed by atoms with Gasteiger partial charge in [0.1, 0.15) is 0 Å².